The van der Waals surface area contributed by atoms with Crippen LogP contribution in [-0.2, 0) is 6.54 Å². The van der Waals surface area contributed by atoms with Crippen LogP contribution in [0.5, 0.6) is 0 Å². The summed E-state index contributed by atoms with van der Waals surface area (Å²) in [5.41, 5.74) is 2.82. The van der Waals surface area contributed by atoms with Crippen LogP contribution in [0.25, 0.3) is 0 Å². The standard InChI is InChI=1S/C13H19BrN2/c1-10-3-4-13(14)7-12(10)9-16-6-5-15-8-11(16)2/h3-4,7,11,15H,5-6,8-9H2,1-2H3. The minimum absolute atomic E-state index is 0.632. The van der Waals surface area contributed by atoms with Gasteiger partial charge in [-0.3, -0.25) is 4.90 Å². The first kappa shape index (κ1) is 12.1. The minimum Gasteiger partial charge on any atom is -0.314 e. The summed E-state index contributed by atoms with van der Waals surface area (Å²) >= 11 is 3.55. The predicted molar refractivity (Wildman–Crippen MR) is 71.6 cm³/mol. The molecule has 1 N–H and O–H groups in total. The maximum absolute atomic E-state index is 3.55. The highest BCUT2D eigenvalue weighted by Crippen LogP contribution is 2.19. The average molecular weight is 283 g/mol. The molecule has 0 saturated carbocycles. The van der Waals surface area contributed by atoms with Crippen molar-refractivity contribution in [2.45, 2.75) is 26.4 Å². The lowest BCUT2D eigenvalue weighted by Crippen LogP contribution is -2.49. The van der Waals surface area contributed by atoms with Crippen molar-refractivity contribution in [2.24, 2.45) is 0 Å². The maximum atomic E-state index is 3.55. The van der Waals surface area contributed by atoms with Gasteiger partial charge in [0.25, 0.3) is 0 Å². The fourth-order valence-corrected chi connectivity index (χ4v) is 2.56. The molecule has 1 saturated heterocycles. The van der Waals surface area contributed by atoms with Gasteiger partial charge in [-0.05, 0) is 37.1 Å². The third-order valence-corrected chi connectivity index (χ3v) is 3.82. The van der Waals surface area contributed by atoms with Crippen LogP contribution < -0.4 is 5.32 Å². The van der Waals surface area contributed by atoms with Crippen molar-refractivity contribution in [3.63, 3.8) is 0 Å². The van der Waals surface area contributed by atoms with Gasteiger partial charge in [0.1, 0.15) is 0 Å². The molecule has 0 amide bonds. The number of nitrogens with one attached hydrogen (secondary N) is 1. The lowest BCUT2D eigenvalue weighted by atomic mass is 10.1. The summed E-state index contributed by atoms with van der Waals surface area (Å²) in [5, 5.41) is 3.43. The van der Waals surface area contributed by atoms with Crippen LogP contribution in [0.15, 0.2) is 22.7 Å². The average Bonchev–Trinajstić information content (AvgIpc) is 2.27. The SMILES string of the molecule is Cc1ccc(Br)cc1CN1CCNCC1C. The van der Waals surface area contributed by atoms with E-state index in [-0.39, 0.29) is 0 Å². The number of aryl methyl sites for hydroxylation is 1. The lowest BCUT2D eigenvalue weighted by Gasteiger charge is -2.34. The van der Waals surface area contributed by atoms with Gasteiger partial charge in [0.15, 0.2) is 0 Å². The quantitative estimate of drug-likeness (QED) is 0.897. The molecule has 16 heavy (non-hydrogen) atoms. The van der Waals surface area contributed by atoms with E-state index in [1.807, 2.05) is 0 Å². The zero-order valence-corrected chi connectivity index (χ0v) is 11.5. The molecule has 88 valence electrons. The number of piperazine rings is 1. The Morgan fingerprint density at radius 3 is 3.06 bits per heavy atom. The van der Waals surface area contributed by atoms with Crippen LogP contribution in [0.1, 0.15) is 18.1 Å². The molecule has 1 fully saturated rings. The second-order valence-corrected chi connectivity index (χ2v) is 5.51. The van der Waals surface area contributed by atoms with Gasteiger partial charge in [0, 0.05) is 36.7 Å². The van der Waals surface area contributed by atoms with Gasteiger partial charge in [0.05, 0.1) is 0 Å². The van der Waals surface area contributed by atoms with E-state index in [1.165, 1.54) is 15.6 Å². The van der Waals surface area contributed by atoms with Crippen LogP contribution in [0.2, 0.25) is 0 Å². The Morgan fingerprint density at radius 1 is 1.50 bits per heavy atom. The Balaban J connectivity index is 2.10. The van der Waals surface area contributed by atoms with Gasteiger partial charge in [-0.2, -0.15) is 0 Å². The Hall–Kier alpha value is -0.380. The molecule has 0 aromatic heterocycles. The van der Waals surface area contributed by atoms with Gasteiger partial charge in [0.2, 0.25) is 0 Å². The van der Waals surface area contributed by atoms with Gasteiger partial charge in [-0.25, -0.2) is 0 Å². The van der Waals surface area contributed by atoms with E-state index in [4.69, 9.17) is 0 Å². The lowest BCUT2D eigenvalue weighted by molar-refractivity contribution is 0.165. The van der Waals surface area contributed by atoms with E-state index < -0.39 is 0 Å². The van der Waals surface area contributed by atoms with Crippen molar-refractivity contribution in [3.05, 3.63) is 33.8 Å². The van der Waals surface area contributed by atoms with E-state index in [0.717, 1.165) is 26.2 Å². The molecular weight excluding hydrogens is 264 g/mol. The molecule has 3 heteroatoms. The van der Waals surface area contributed by atoms with Crippen LogP contribution >= 0.6 is 15.9 Å². The molecule has 1 atom stereocenters. The molecule has 1 aliphatic rings. The Bertz CT molecular complexity index is 365. The summed E-state index contributed by atoms with van der Waals surface area (Å²) in [6, 6.07) is 7.17. The van der Waals surface area contributed by atoms with Crippen molar-refractivity contribution >= 4 is 15.9 Å². The second kappa shape index (κ2) is 5.30. The fourth-order valence-electron chi connectivity index (χ4n) is 2.15. The first-order valence-corrected chi connectivity index (χ1v) is 6.66. The first-order valence-electron chi connectivity index (χ1n) is 5.86. The summed E-state index contributed by atoms with van der Waals surface area (Å²) in [6.45, 7) is 8.90. The Labute approximate surface area is 106 Å². The Morgan fingerprint density at radius 2 is 2.31 bits per heavy atom. The number of nitrogens with zero attached hydrogens (tertiary/aromatic N) is 1. The van der Waals surface area contributed by atoms with Gasteiger partial charge in [-0.1, -0.05) is 22.0 Å². The van der Waals surface area contributed by atoms with Crippen molar-refractivity contribution in [1.29, 1.82) is 0 Å². The molecule has 2 rings (SSSR count). The highest BCUT2D eigenvalue weighted by atomic mass is 79.9. The fraction of sp³-hybridized carbons (Fsp3) is 0.538. The second-order valence-electron chi connectivity index (χ2n) is 4.59. The smallest absolute Gasteiger partial charge is 0.0240 e. The van der Waals surface area contributed by atoms with E-state index in [1.54, 1.807) is 0 Å². The largest absolute Gasteiger partial charge is 0.314 e. The number of hydrogen-bond acceptors (Lipinski definition) is 2. The molecule has 1 aliphatic heterocycles. The summed E-state index contributed by atoms with van der Waals surface area (Å²) in [4.78, 5) is 2.55. The van der Waals surface area contributed by atoms with Crippen molar-refractivity contribution in [1.82, 2.24) is 10.2 Å². The van der Waals surface area contributed by atoms with Gasteiger partial charge < -0.3 is 5.32 Å². The van der Waals surface area contributed by atoms with Crippen LogP contribution in [0.3, 0.4) is 0 Å². The number of rotatable bonds is 2. The zero-order valence-electron chi connectivity index (χ0n) is 9.96. The van der Waals surface area contributed by atoms with Crippen molar-refractivity contribution < 1.29 is 0 Å². The molecular formula is C13H19BrN2. The molecule has 1 unspecified atom stereocenters. The summed E-state index contributed by atoms with van der Waals surface area (Å²) in [6.07, 6.45) is 0. The van der Waals surface area contributed by atoms with Crippen LogP contribution in [0, 0.1) is 6.92 Å². The number of benzene rings is 1. The monoisotopic (exact) mass is 282 g/mol. The van der Waals surface area contributed by atoms with Crippen molar-refractivity contribution in [2.75, 3.05) is 19.6 Å². The molecule has 1 aromatic carbocycles. The van der Waals surface area contributed by atoms with E-state index in [0.29, 0.717) is 6.04 Å². The normalized spacial score (nSPS) is 22.3. The molecule has 1 aromatic rings. The first-order chi connectivity index (χ1) is 7.66. The highest BCUT2D eigenvalue weighted by molar-refractivity contribution is 9.10. The van der Waals surface area contributed by atoms with Gasteiger partial charge >= 0.3 is 0 Å². The number of hydrogen-bond donors (Lipinski definition) is 1. The van der Waals surface area contributed by atoms with E-state index in [2.05, 4.69) is 58.2 Å². The summed E-state index contributed by atoms with van der Waals surface area (Å²) < 4.78 is 1.18. The van der Waals surface area contributed by atoms with E-state index >= 15 is 0 Å². The summed E-state index contributed by atoms with van der Waals surface area (Å²) in [7, 11) is 0. The zero-order chi connectivity index (χ0) is 11.5. The molecule has 0 radical (unpaired) electrons. The molecule has 1 heterocycles. The minimum atomic E-state index is 0.632. The molecule has 2 nitrogen and oxygen atoms in total. The number of halogens is 1. The maximum Gasteiger partial charge on any atom is 0.0240 e. The van der Waals surface area contributed by atoms with Gasteiger partial charge in [-0.15, -0.1) is 0 Å². The Kier molecular flexibility index (Phi) is 4.00. The predicted octanol–water partition coefficient (Wildman–Crippen LogP) is 2.55. The van der Waals surface area contributed by atoms with E-state index in [9.17, 15) is 0 Å². The molecule has 0 aliphatic carbocycles. The molecule has 0 bridgehead atoms. The van der Waals surface area contributed by atoms with Crippen molar-refractivity contribution in [3.8, 4) is 0 Å². The third kappa shape index (κ3) is 2.84. The third-order valence-electron chi connectivity index (χ3n) is 3.32. The summed E-state index contributed by atoms with van der Waals surface area (Å²) in [5.74, 6) is 0. The van der Waals surface area contributed by atoms with Crippen LogP contribution in [0.4, 0.5) is 0 Å². The molecule has 0 spiro atoms. The van der Waals surface area contributed by atoms with Crippen LogP contribution in [-0.4, -0.2) is 30.6 Å². The highest BCUT2D eigenvalue weighted by Gasteiger charge is 2.18. The topological polar surface area (TPSA) is 15.3 Å².